The fraction of sp³-hybridized carbons (Fsp3) is 0.167. The predicted octanol–water partition coefficient (Wildman–Crippen LogP) is -0.0273. The molecule has 0 saturated carbocycles. The molecular formula is C12H11N3O5S. The maximum Gasteiger partial charge on any atom is 0.313 e. The summed E-state index contributed by atoms with van der Waals surface area (Å²) in [6.07, 6.45) is 0. The molecule has 0 bridgehead atoms. The van der Waals surface area contributed by atoms with Gasteiger partial charge in [0.05, 0.1) is 28.0 Å². The second-order valence-electron chi connectivity index (χ2n) is 4.07. The van der Waals surface area contributed by atoms with Crippen molar-refractivity contribution in [2.75, 3.05) is 16.8 Å². The fourth-order valence-corrected chi connectivity index (χ4v) is 2.29. The minimum Gasteiger partial charge on any atom is -0.481 e. The normalized spacial score (nSPS) is 10.5. The Hall–Kier alpha value is -2.55. The van der Waals surface area contributed by atoms with Crippen molar-refractivity contribution in [3.05, 3.63) is 38.9 Å². The van der Waals surface area contributed by atoms with Crippen molar-refractivity contribution in [3.63, 3.8) is 0 Å². The molecule has 9 heteroatoms. The summed E-state index contributed by atoms with van der Waals surface area (Å²) in [5.74, 6) is -1.72. The van der Waals surface area contributed by atoms with Crippen LogP contribution in [0.25, 0.3) is 10.8 Å². The van der Waals surface area contributed by atoms with E-state index in [0.29, 0.717) is 0 Å². The van der Waals surface area contributed by atoms with Gasteiger partial charge in [0.2, 0.25) is 5.91 Å². The number of anilines is 1. The third-order valence-electron chi connectivity index (χ3n) is 2.56. The Bertz CT molecular complexity index is 810. The van der Waals surface area contributed by atoms with Gasteiger partial charge in [-0.25, -0.2) is 0 Å². The van der Waals surface area contributed by atoms with Gasteiger partial charge in [-0.05, 0) is 12.1 Å². The average molecular weight is 309 g/mol. The molecule has 0 spiro atoms. The van der Waals surface area contributed by atoms with Crippen molar-refractivity contribution in [1.82, 2.24) is 10.2 Å². The molecule has 1 heterocycles. The van der Waals surface area contributed by atoms with Gasteiger partial charge in [0.15, 0.2) is 0 Å². The number of benzene rings is 1. The number of aromatic nitrogens is 2. The van der Waals surface area contributed by atoms with E-state index in [1.165, 1.54) is 18.2 Å². The lowest BCUT2D eigenvalue weighted by Crippen LogP contribution is -2.22. The van der Waals surface area contributed by atoms with Gasteiger partial charge in [0.1, 0.15) is 0 Å². The molecule has 1 aromatic heterocycles. The number of rotatable bonds is 5. The van der Waals surface area contributed by atoms with E-state index in [1.807, 2.05) is 0 Å². The van der Waals surface area contributed by atoms with Gasteiger partial charge in [-0.2, -0.15) is 0 Å². The van der Waals surface area contributed by atoms with Crippen molar-refractivity contribution in [1.29, 1.82) is 0 Å². The van der Waals surface area contributed by atoms with E-state index >= 15 is 0 Å². The zero-order valence-corrected chi connectivity index (χ0v) is 11.5. The Labute approximate surface area is 121 Å². The van der Waals surface area contributed by atoms with Crippen LogP contribution in [-0.4, -0.2) is 38.7 Å². The Morgan fingerprint density at radius 1 is 1.14 bits per heavy atom. The van der Waals surface area contributed by atoms with Crippen LogP contribution in [0.15, 0.2) is 27.8 Å². The SMILES string of the molecule is O=C(O)CSCC(=O)Nc1cccc2c(=O)[nH][nH]c(=O)c12. The van der Waals surface area contributed by atoms with E-state index < -0.39 is 23.0 Å². The zero-order chi connectivity index (χ0) is 15.4. The summed E-state index contributed by atoms with van der Waals surface area (Å²) in [6.45, 7) is 0. The highest BCUT2D eigenvalue weighted by Crippen LogP contribution is 2.17. The Kier molecular flexibility index (Phi) is 4.43. The van der Waals surface area contributed by atoms with Gasteiger partial charge in [-0.1, -0.05) is 6.07 Å². The molecule has 0 aliphatic heterocycles. The first kappa shape index (κ1) is 14.9. The van der Waals surface area contributed by atoms with Crippen LogP contribution in [0.1, 0.15) is 0 Å². The van der Waals surface area contributed by atoms with Crippen LogP contribution in [-0.2, 0) is 9.59 Å². The maximum absolute atomic E-state index is 11.8. The number of hydrogen-bond donors (Lipinski definition) is 4. The van der Waals surface area contributed by atoms with Crippen LogP contribution >= 0.6 is 11.8 Å². The molecule has 1 aromatic carbocycles. The first-order valence-electron chi connectivity index (χ1n) is 5.82. The highest BCUT2D eigenvalue weighted by molar-refractivity contribution is 8.00. The lowest BCUT2D eigenvalue weighted by atomic mass is 10.1. The topological polar surface area (TPSA) is 132 Å². The number of fused-ring (bicyclic) bond motifs is 1. The molecule has 4 N–H and O–H groups in total. The number of aromatic amines is 2. The molecule has 0 unspecified atom stereocenters. The van der Waals surface area contributed by atoms with Gasteiger partial charge in [-0.15, -0.1) is 11.8 Å². The number of carbonyl (C=O) groups is 2. The van der Waals surface area contributed by atoms with Crippen molar-refractivity contribution >= 4 is 40.1 Å². The second kappa shape index (κ2) is 6.27. The molecule has 0 aliphatic rings. The van der Waals surface area contributed by atoms with Gasteiger partial charge in [0.25, 0.3) is 11.1 Å². The molecule has 1 amide bonds. The van der Waals surface area contributed by atoms with E-state index in [0.717, 1.165) is 11.8 Å². The van der Waals surface area contributed by atoms with E-state index in [4.69, 9.17) is 5.11 Å². The number of thioether (sulfide) groups is 1. The van der Waals surface area contributed by atoms with Crippen LogP contribution < -0.4 is 16.4 Å². The zero-order valence-electron chi connectivity index (χ0n) is 10.6. The van der Waals surface area contributed by atoms with Gasteiger partial charge in [0, 0.05) is 0 Å². The average Bonchev–Trinajstić information content (AvgIpc) is 2.42. The molecular weight excluding hydrogens is 298 g/mol. The van der Waals surface area contributed by atoms with E-state index in [9.17, 15) is 19.2 Å². The van der Waals surface area contributed by atoms with Crippen molar-refractivity contribution in [2.45, 2.75) is 0 Å². The summed E-state index contributed by atoms with van der Waals surface area (Å²) < 4.78 is 0. The summed E-state index contributed by atoms with van der Waals surface area (Å²) in [5.41, 5.74) is -0.791. The number of carbonyl (C=O) groups excluding carboxylic acids is 1. The molecule has 0 fully saturated rings. The number of hydrogen-bond acceptors (Lipinski definition) is 5. The first-order valence-corrected chi connectivity index (χ1v) is 6.97. The highest BCUT2D eigenvalue weighted by atomic mass is 32.2. The largest absolute Gasteiger partial charge is 0.481 e. The number of carboxylic acids is 1. The van der Waals surface area contributed by atoms with Crippen molar-refractivity contribution in [2.24, 2.45) is 0 Å². The molecule has 0 atom stereocenters. The number of nitrogens with one attached hydrogen (secondary N) is 3. The molecule has 2 aromatic rings. The molecule has 2 rings (SSSR count). The third kappa shape index (κ3) is 3.51. The number of carboxylic acid groups (broad SMARTS) is 1. The molecule has 21 heavy (non-hydrogen) atoms. The standard InChI is InChI=1S/C12H11N3O5S/c16-8(4-21-5-9(17)18)13-7-3-1-2-6-10(7)12(20)15-14-11(6)19/h1-3H,4-5H2,(H,13,16)(H,14,19)(H,15,20)(H,17,18). The second-order valence-corrected chi connectivity index (χ2v) is 5.06. The summed E-state index contributed by atoms with van der Waals surface area (Å²) in [4.78, 5) is 45.5. The maximum atomic E-state index is 11.8. The third-order valence-corrected chi connectivity index (χ3v) is 3.48. The van der Waals surface area contributed by atoms with E-state index in [1.54, 1.807) is 0 Å². The van der Waals surface area contributed by atoms with Crippen LogP contribution in [0.4, 0.5) is 5.69 Å². The number of aliphatic carboxylic acids is 1. The smallest absolute Gasteiger partial charge is 0.313 e. The summed E-state index contributed by atoms with van der Waals surface area (Å²) >= 11 is 0.936. The van der Waals surface area contributed by atoms with E-state index in [2.05, 4.69) is 15.5 Å². The predicted molar refractivity (Wildman–Crippen MR) is 78.8 cm³/mol. The minimum atomic E-state index is -1.01. The first-order chi connectivity index (χ1) is 9.99. The Morgan fingerprint density at radius 2 is 1.86 bits per heavy atom. The Balaban J connectivity index is 2.25. The molecule has 8 nitrogen and oxygen atoms in total. The Morgan fingerprint density at radius 3 is 2.57 bits per heavy atom. The van der Waals surface area contributed by atoms with Gasteiger partial charge >= 0.3 is 5.97 Å². The summed E-state index contributed by atoms with van der Waals surface area (Å²) in [6, 6.07) is 4.51. The monoisotopic (exact) mass is 309 g/mol. The lowest BCUT2D eigenvalue weighted by molar-refractivity contribution is -0.133. The van der Waals surface area contributed by atoms with Crippen LogP contribution in [0.2, 0.25) is 0 Å². The molecule has 110 valence electrons. The summed E-state index contributed by atoms with van der Waals surface area (Å²) in [7, 11) is 0. The van der Waals surface area contributed by atoms with Crippen LogP contribution in [0, 0.1) is 0 Å². The molecule has 0 aliphatic carbocycles. The van der Waals surface area contributed by atoms with Crippen LogP contribution in [0.5, 0.6) is 0 Å². The van der Waals surface area contributed by atoms with Gasteiger partial charge in [-0.3, -0.25) is 29.4 Å². The van der Waals surface area contributed by atoms with Crippen molar-refractivity contribution < 1.29 is 14.7 Å². The number of H-pyrrole nitrogens is 2. The molecule has 0 radical (unpaired) electrons. The highest BCUT2D eigenvalue weighted by Gasteiger charge is 2.11. The van der Waals surface area contributed by atoms with Crippen LogP contribution in [0.3, 0.4) is 0 Å². The van der Waals surface area contributed by atoms with E-state index in [-0.39, 0.29) is 28.0 Å². The number of amides is 1. The quantitative estimate of drug-likeness (QED) is 0.613. The van der Waals surface area contributed by atoms with Gasteiger partial charge < -0.3 is 10.4 Å². The molecule has 0 saturated heterocycles. The fourth-order valence-electron chi connectivity index (χ4n) is 1.75. The minimum absolute atomic E-state index is 0.0657. The van der Waals surface area contributed by atoms with Crippen molar-refractivity contribution in [3.8, 4) is 0 Å². The summed E-state index contributed by atoms with van der Waals surface area (Å²) in [5, 5.41) is 15.6. The lowest BCUT2D eigenvalue weighted by Gasteiger charge is -2.07.